The van der Waals surface area contributed by atoms with E-state index >= 15 is 0 Å². The molecule has 3 nitrogen and oxygen atoms in total. The van der Waals surface area contributed by atoms with E-state index in [1.54, 1.807) is 12.1 Å². The summed E-state index contributed by atoms with van der Waals surface area (Å²) in [6.07, 6.45) is 2.78. The maximum Gasteiger partial charge on any atom is 0.282 e. The zero-order chi connectivity index (χ0) is 24.1. The van der Waals surface area contributed by atoms with Gasteiger partial charge in [0.05, 0.1) is 13.1 Å². The predicted molar refractivity (Wildman–Crippen MR) is 137 cm³/mol. The molecule has 3 aromatic carbocycles. The molecule has 1 amide bonds. The van der Waals surface area contributed by atoms with Crippen LogP contribution >= 0.6 is 0 Å². The maximum atomic E-state index is 14.1. The van der Waals surface area contributed by atoms with E-state index in [9.17, 15) is 9.18 Å². The molecule has 1 unspecified atom stereocenters. The van der Waals surface area contributed by atoms with Gasteiger partial charge in [0.2, 0.25) is 0 Å². The number of carbonyl (C=O) groups excluding carboxylic acids is 1. The number of hydrogen-bond donors (Lipinski definition) is 1. The van der Waals surface area contributed by atoms with Crippen molar-refractivity contribution in [3.8, 4) is 0 Å². The standard InChI is InChI=1S/C30H35FN2O/c1-4-28(30(34)32-29-22(2)10-8-11-23(29)3)33(21-24-12-9-15-27(31)20-24)18-16-26(17-19-33)25-13-6-5-7-14-25/h5-15,20,26,28H,4,16-19,21H2,1-3H3/p+1. The molecule has 1 fully saturated rings. The van der Waals surface area contributed by atoms with Crippen LogP contribution in [0, 0.1) is 19.7 Å². The van der Waals surface area contributed by atoms with E-state index in [-0.39, 0.29) is 17.8 Å². The van der Waals surface area contributed by atoms with Gasteiger partial charge in [-0.15, -0.1) is 0 Å². The van der Waals surface area contributed by atoms with Crippen molar-refractivity contribution in [1.29, 1.82) is 0 Å². The molecule has 3 aromatic rings. The van der Waals surface area contributed by atoms with Crippen molar-refractivity contribution < 1.29 is 13.7 Å². The first-order chi connectivity index (χ1) is 16.4. The van der Waals surface area contributed by atoms with Crippen LogP contribution in [0.4, 0.5) is 10.1 Å². The predicted octanol–water partition coefficient (Wildman–Crippen LogP) is 6.75. The van der Waals surface area contributed by atoms with Gasteiger partial charge >= 0.3 is 0 Å². The Bertz CT molecular complexity index is 1100. The lowest BCUT2D eigenvalue weighted by molar-refractivity contribution is -0.959. The van der Waals surface area contributed by atoms with Crippen LogP contribution in [-0.4, -0.2) is 29.5 Å². The van der Waals surface area contributed by atoms with E-state index in [4.69, 9.17) is 0 Å². The third-order valence-corrected chi connectivity index (χ3v) is 7.58. The molecule has 1 atom stereocenters. The van der Waals surface area contributed by atoms with Crippen molar-refractivity contribution in [3.63, 3.8) is 0 Å². The van der Waals surface area contributed by atoms with Crippen LogP contribution in [0.15, 0.2) is 72.8 Å². The molecule has 34 heavy (non-hydrogen) atoms. The normalized spacial score (nSPS) is 21.1. The van der Waals surface area contributed by atoms with Crippen molar-refractivity contribution in [2.75, 3.05) is 18.4 Å². The first kappa shape index (κ1) is 24.2. The van der Waals surface area contributed by atoms with E-state index in [0.717, 1.165) is 54.7 Å². The minimum absolute atomic E-state index is 0.0643. The number of benzene rings is 3. The molecule has 1 aliphatic heterocycles. The van der Waals surface area contributed by atoms with Gasteiger partial charge in [0.1, 0.15) is 12.4 Å². The van der Waals surface area contributed by atoms with Gasteiger partial charge in [-0.2, -0.15) is 0 Å². The molecular weight excluding hydrogens is 423 g/mol. The van der Waals surface area contributed by atoms with Crippen LogP contribution in [0.5, 0.6) is 0 Å². The summed E-state index contributed by atoms with van der Waals surface area (Å²) in [5.41, 5.74) is 5.38. The van der Waals surface area contributed by atoms with Crippen molar-refractivity contribution in [3.05, 3.63) is 101 Å². The molecule has 0 bridgehead atoms. The third-order valence-electron chi connectivity index (χ3n) is 7.58. The molecule has 178 valence electrons. The third kappa shape index (κ3) is 5.23. The summed E-state index contributed by atoms with van der Waals surface area (Å²) in [6, 6.07) is 23.4. The van der Waals surface area contributed by atoms with Crippen LogP contribution < -0.4 is 5.32 Å². The number of hydrogen-bond acceptors (Lipinski definition) is 1. The van der Waals surface area contributed by atoms with Gasteiger partial charge in [-0.25, -0.2) is 4.39 Å². The fourth-order valence-corrected chi connectivity index (χ4v) is 5.76. The van der Waals surface area contributed by atoms with Crippen LogP contribution in [-0.2, 0) is 11.3 Å². The Morgan fingerprint density at radius 3 is 2.24 bits per heavy atom. The minimum Gasteiger partial charge on any atom is -0.320 e. The highest BCUT2D eigenvalue weighted by atomic mass is 19.1. The quantitative estimate of drug-likeness (QED) is 0.389. The van der Waals surface area contributed by atoms with E-state index < -0.39 is 0 Å². The second-order valence-electron chi connectivity index (χ2n) is 9.82. The Hall–Kier alpha value is -2.98. The highest BCUT2D eigenvalue weighted by molar-refractivity contribution is 5.95. The summed E-state index contributed by atoms with van der Waals surface area (Å²) < 4.78 is 14.7. The number of nitrogens with one attached hydrogen (secondary N) is 1. The van der Waals surface area contributed by atoms with Crippen molar-refractivity contribution in [2.45, 2.75) is 58.5 Å². The summed E-state index contributed by atoms with van der Waals surface area (Å²) in [4.78, 5) is 13.8. The molecule has 1 N–H and O–H groups in total. The molecule has 0 aromatic heterocycles. The number of quaternary nitrogens is 1. The largest absolute Gasteiger partial charge is 0.320 e. The van der Waals surface area contributed by atoms with Crippen molar-refractivity contribution >= 4 is 11.6 Å². The number of nitrogens with zero attached hydrogens (tertiary/aromatic N) is 1. The molecule has 4 heteroatoms. The molecule has 1 heterocycles. The topological polar surface area (TPSA) is 29.1 Å². The van der Waals surface area contributed by atoms with Gasteiger partial charge in [0.15, 0.2) is 6.04 Å². The Morgan fingerprint density at radius 1 is 0.971 bits per heavy atom. The van der Waals surface area contributed by atoms with Crippen LogP contribution in [0.1, 0.15) is 54.4 Å². The summed E-state index contributed by atoms with van der Waals surface area (Å²) in [5.74, 6) is 0.344. The zero-order valence-electron chi connectivity index (χ0n) is 20.6. The fraction of sp³-hybridized carbons (Fsp3) is 0.367. The minimum atomic E-state index is -0.220. The zero-order valence-corrected chi connectivity index (χ0v) is 20.6. The molecule has 1 aliphatic rings. The lowest BCUT2D eigenvalue weighted by atomic mass is 9.86. The van der Waals surface area contributed by atoms with Gasteiger partial charge in [-0.1, -0.05) is 67.6 Å². The lowest BCUT2D eigenvalue weighted by Crippen LogP contribution is -2.62. The fourth-order valence-electron chi connectivity index (χ4n) is 5.76. The Morgan fingerprint density at radius 2 is 1.62 bits per heavy atom. The number of amides is 1. The van der Waals surface area contributed by atoms with Gasteiger partial charge in [0, 0.05) is 30.5 Å². The smallest absolute Gasteiger partial charge is 0.282 e. The highest BCUT2D eigenvalue weighted by Crippen LogP contribution is 2.36. The van der Waals surface area contributed by atoms with Crippen LogP contribution in [0.25, 0.3) is 0 Å². The number of rotatable bonds is 7. The Labute approximate surface area is 203 Å². The van der Waals surface area contributed by atoms with Crippen molar-refractivity contribution in [1.82, 2.24) is 0 Å². The van der Waals surface area contributed by atoms with E-state index in [0.29, 0.717) is 16.9 Å². The number of aryl methyl sites for hydroxylation is 2. The number of halogens is 1. The van der Waals surface area contributed by atoms with E-state index in [2.05, 4.69) is 42.6 Å². The number of carbonyl (C=O) groups is 1. The molecule has 0 aliphatic carbocycles. The number of para-hydroxylation sites is 1. The maximum absolute atomic E-state index is 14.1. The molecule has 0 radical (unpaired) electrons. The van der Waals surface area contributed by atoms with Crippen LogP contribution in [0.3, 0.4) is 0 Å². The average molecular weight is 460 g/mol. The van der Waals surface area contributed by atoms with Gasteiger partial charge in [-0.05, 0) is 48.6 Å². The number of piperidine rings is 1. The summed E-state index contributed by atoms with van der Waals surface area (Å²) in [7, 11) is 0. The first-order valence-electron chi connectivity index (χ1n) is 12.4. The molecule has 1 saturated heterocycles. The van der Waals surface area contributed by atoms with E-state index in [1.807, 2.05) is 38.1 Å². The van der Waals surface area contributed by atoms with Gasteiger partial charge in [-0.3, -0.25) is 4.79 Å². The lowest BCUT2D eigenvalue weighted by Gasteiger charge is -2.48. The SMILES string of the molecule is CCC(C(=O)Nc1c(C)cccc1C)[N+]1(Cc2cccc(F)c2)CCC(c2ccccc2)CC1. The van der Waals surface area contributed by atoms with Crippen molar-refractivity contribution in [2.24, 2.45) is 0 Å². The van der Waals surface area contributed by atoms with Gasteiger partial charge in [0.25, 0.3) is 5.91 Å². The number of likely N-dealkylation sites (tertiary alicyclic amines) is 1. The second-order valence-corrected chi connectivity index (χ2v) is 9.82. The van der Waals surface area contributed by atoms with Gasteiger partial charge < -0.3 is 9.80 Å². The summed E-state index contributed by atoms with van der Waals surface area (Å²) >= 11 is 0. The van der Waals surface area contributed by atoms with Crippen LogP contribution in [0.2, 0.25) is 0 Å². The Balaban J connectivity index is 1.63. The molecular formula is C30H36FN2O+. The first-order valence-corrected chi connectivity index (χ1v) is 12.4. The summed E-state index contributed by atoms with van der Waals surface area (Å²) in [6.45, 7) is 8.63. The average Bonchev–Trinajstić information content (AvgIpc) is 2.83. The number of anilines is 1. The summed E-state index contributed by atoms with van der Waals surface area (Å²) in [5, 5.41) is 3.26. The molecule has 4 rings (SSSR count). The monoisotopic (exact) mass is 459 g/mol. The Kier molecular flexibility index (Phi) is 7.47. The molecule has 0 saturated carbocycles. The van der Waals surface area contributed by atoms with E-state index in [1.165, 1.54) is 11.6 Å². The second kappa shape index (κ2) is 10.5. The molecule has 0 spiro atoms. The highest BCUT2D eigenvalue weighted by Gasteiger charge is 2.44.